The van der Waals surface area contributed by atoms with E-state index >= 15 is 0 Å². The van der Waals surface area contributed by atoms with E-state index in [0.717, 1.165) is 0 Å². The second-order valence-corrected chi connectivity index (χ2v) is 3.90. The number of ether oxygens (including phenoxy) is 1. The van der Waals surface area contributed by atoms with Crippen molar-refractivity contribution in [2.24, 2.45) is 5.73 Å². The number of hydrogen-bond acceptors (Lipinski definition) is 3. The van der Waals surface area contributed by atoms with Crippen molar-refractivity contribution in [3.8, 4) is 5.75 Å². The number of nitrogens with two attached hydrogens (primary N) is 1. The lowest BCUT2D eigenvalue weighted by Gasteiger charge is -2.21. The van der Waals surface area contributed by atoms with Gasteiger partial charge in [-0.05, 0) is 37.6 Å². The number of aliphatic hydroxyl groups is 1. The summed E-state index contributed by atoms with van der Waals surface area (Å²) in [6, 6.07) is 4.44. The van der Waals surface area contributed by atoms with Crippen molar-refractivity contribution in [3.05, 3.63) is 29.6 Å². The molecular weight excluding hydrogens is 197 g/mol. The van der Waals surface area contributed by atoms with Gasteiger partial charge < -0.3 is 15.6 Å². The zero-order valence-electron chi connectivity index (χ0n) is 8.96. The maximum atomic E-state index is 12.9. The van der Waals surface area contributed by atoms with Crippen molar-refractivity contribution in [2.75, 3.05) is 13.2 Å². The van der Waals surface area contributed by atoms with E-state index in [-0.39, 0.29) is 19.0 Å². The molecule has 0 saturated heterocycles. The number of aryl methyl sites for hydroxylation is 1. The van der Waals surface area contributed by atoms with E-state index in [2.05, 4.69) is 0 Å². The molecule has 3 N–H and O–H groups in total. The van der Waals surface area contributed by atoms with Gasteiger partial charge in [0.15, 0.2) is 0 Å². The van der Waals surface area contributed by atoms with Gasteiger partial charge in [-0.1, -0.05) is 0 Å². The maximum Gasteiger partial charge on any atom is 0.126 e. The molecule has 0 amide bonds. The molecule has 0 aliphatic heterocycles. The van der Waals surface area contributed by atoms with Gasteiger partial charge in [-0.15, -0.1) is 0 Å². The summed E-state index contributed by atoms with van der Waals surface area (Å²) >= 11 is 0. The normalized spacial score (nSPS) is 14.7. The highest BCUT2D eigenvalue weighted by atomic mass is 19.1. The standard InChI is InChI=1S/C11H16FNO2/c1-8-5-9(3-4-10(8)12)15-7-11(2,14)6-13/h3-5,14H,6-7,13H2,1-2H3. The zero-order valence-corrected chi connectivity index (χ0v) is 8.96. The van der Waals surface area contributed by atoms with Crippen LogP contribution in [0.5, 0.6) is 5.75 Å². The van der Waals surface area contributed by atoms with Crippen molar-refractivity contribution >= 4 is 0 Å². The smallest absolute Gasteiger partial charge is 0.126 e. The van der Waals surface area contributed by atoms with Gasteiger partial charge in [0, 0.05) is 6.54 Å². The lowest BCUT2D eigenvalue weighted by molar-refractivity contribution is 0.0195. The van der Waals surface area contributed by atoms with E-state index in [9.17, 15) is 9.50 Å². The van der Waals surface area contributed by atoms with Crippen molar-refractivity contribution in [1.82, 2.24) is 0 Å². The van der Waals surface area contributed by atoms with Crippen molar-refractivity contribution in [1.29, 1.82) is 0 Å². The largest absolute Gasteiger partial charge is 0.491 e. The Morgan fingerprint density at radius 3 is 2.73 bits per heavy atom. The molecule has 0 aromatic heterocycles. The van der Waals surface area contributed by atoms with E-state index in [0.29, 0.717) is 11.3 Å². The summed E-state index contributed by atoms with van der Waals surface area (Å²) < 4.78 is 18.2. The van der Waals surface area contributed by atoms with Crippen LogP contribution < -0.4 is 10.5 Å². The first kappa shape index (κ1) is 11.9. The maximum absolute atomic E-state index is 12.9. The molecule has 3 nitrogen and oxygen atoms in total. The second kappa shape index (κ2) is 4.59. The molecule has 0 heterocycles. The molecule has 1 unspecified atom stereocenters. The predicted molar refractivity (Wildman–Crippen MR) is 56.3 cm³/mol. The Morgan fingerprint density at radius 2 is 2.20 bits per heavy atom. The van der Waals surface area contributed by atoms with Crippen LogP contribution in [0.2, 0.25) is 0 Å². The first-order valence-corrected chi connectivity index (χ1v) is 4.76. The average molecular weight is 213 g/mol. The van der Waals surface area contributed by atoms with Gasteiger partial charge in [0.2, 0.25) is 0 Å². The van der Waals surface area contributed by atoms with Crippen LogP contribution in [-0.2, 0) is 0 Å². The van der Waals surface area contributed by atoms with Crippen LogP contribution in [0, 0.1) is 12.7 Å². The SMILES string of the molecule is Cc1cc(OCC(C)(O)CN)ccc1F. The molecule has 1 aromatic rings. The average Bonchev–Trinajstić information content (AvgIpc) is 2.20. The van der Waals surface area contributed by atoms with E-state index < -0.39 is 5.60 Å². The van der Waals surface area contributed by atoms with Gasteiger partial charge in [-0.3, -0.25) is 0 Å². The Balaban J connectivity index is 2.62. The van der Waals surface area contributed by atoms with Crippen LogP contribution in [0.4, 0.5) is 4.39 Å². The molecule has 0 fully saturated rings. The molecular formula is C11H16FNO2. The van der Waals surface area contributed by atoms with Gasteiger partial charge in [-0.25, -0.2) is 4.39 Å². The van der Waals surface area contributed by atoms with Gasteiger partial charge >= 0.3 is 0 Å². The molecule has 4 heteroatoms. The third-order valence-corrected chi connectivity index (χ3v) is 2.12. The van der Waals surface area contributed by atoms with Crippen molar-refractivity contribution in [3.63, 3.8) is 0 Å². The number of hydrogen-bond donors (Lipinski definition) is 2. The fourth-order valence-corrected chi connectivity index (χ4v) is 1.00. The fraction of sp³-hybridized carbons (Fsp3) is 0.455. The van der Waals surface area contributed by atoms with Crippen LogP contribution >= 0.6 is 0 Å². The number of rotatable bonds is 4. The molecule has 1 atom stereocenters. The van der Waals surface area contributed by atoms with E-state index in [4.69, 9.17) is 10.5 Å². The van der Waals surface area contributed by atoms with Crippen LogP contribution in [0.25, 0.3) is 0 Å². The van der Waals surface area contributed by atoms with Crippen molar-refractivity contribution < 1.29 is 14.2 Å². The molecule has 0 aliphatic rings. The predicted octanol–water partition coefficient (Wildman–Crippen LogP) is 1.22. The van der Waals surface area contributed by atoms with Crippen LogP contribution in [0.1, 0.15) is 12.5 Å². The quantitative estimate of drug-likeness (QED) is 0.790. The van der Waals surface area contributed by atoms with Crippen LogP contribution in [0.3, 0.4) is 0 Å². The Kier molecular flexibility index (Phi) is 3.66. The third-order valence-electron chi connectivity index (χ3n) is 2.12. The second-order valence-electron chi connectivity index (χ2n) is 3.90. The molecule has 0 spiro atoms. The lowest BCUT2D eigenvalue weighted by Crippen LogP contribution is -2.40. The summed E-state index contributed by atoms with van der Waals surface area (Å²) in [5.74, 6) is 0.260. The summed E-state index contributed by atoms with van der Waals surface area (Å²) in [5, 5.41) is 9.58. The molecule has 1 rings (SSSR count). The highest BCUT2D eigenvalue weighted by Crippen LogP contribution is 2.17. The minimum Gasteiger partial charge on any atom is -0.491 e. The molecule has 15 heavy (non-hydrogen) atoms. The van der Waals surface area contributed by atoms with Crippen LogP contribution in [0.15, 0.2) is 18.2 Å². The zero-order chi connectivity index (χ0) is 11.5. The number of benzene rings is 1. The van der Waals surface area contributed by atoms with E-state index in [1.54, 1.807) is 19.9 Å². The Morgan fingerprint density at radius 1 is 1.53 bits per heavy atom. The minimum absolute atomic E-state index is 0.0918. The fourth-order valence-electron chi connectivity index (χ4n) is 1.00. The molecule has 1 aromatic carbocycles. The molecule has 0 bridgehead atoms. The minimum atomic E-state index is -1.05. The summed E-state index contributed by atoms with van der Waals surface area (Å²) in [6.07, 6.45) is 0. The Labute approximate surface area is 88.7 Å². The first-order chi connectivity index (χ1) is 6.94. The van der Waals surface area contributed by atoms with E-state index in [1.165, 1.54) is 12.1 Å². The van der Waals surface area contributed by atoms with Crippen LogP contribution in [-0.4, -0.2) is 23.9 Å². The third kappa shape index (κ3) is 3.49. The highest BCUT2D eigenvalue weighted by Gasteiger charge is 2.18. The first-order valence-electron chi connectivity index (χ1n) is 4.76. The summed E-state index contributed by atoms with van der Waals surface area (Å²) in [6.45, 7) is 3.45. The Bertz CT molecular complexity index is 339. The summed E-state index contributed by atoms with van der Waals surface area (Å²) in [5.41, 5.74) is 4.79. The van der Waals surface area contributed by atoms with E-state index in [1.807, 2.05) is 0 Å². The van der Waals surface area contributed by atoms with Gasteiger partial charge in [0.05, 0.1) is 0 Å². The van der Waals surface area contributed by atoms with Crippen molar-refractivity contribution in [2.45, 2.75) is 19.4 Å². The Hall–Kier alpha value is -1.13. The molecule has 0 saturated carbocycles. The monoisotopic (exact) mass is 213 g/mol. The molecule has 84 valence electrons. The van der Waals surface area contributed by atoms with Gasteiger partial charge in [0.25, 0.3) is 0 Å². The summed E-state index contributed by atoms with van der Waals surface area (Å²) in [7, 11) is 0. The number of halogens is 1. The lowest BCUT2D eigenvalue weighted by atomic mass is 10.1. The van der Waals surface area contributed by atoms with Gasteiger partial charge in [0.1, 0.15) is 23.8 Å². The van der Waals surface area contributed by atoms with Gasteiger partial charge in [-0.2, -0.15) is 0 Å². The highest BCUT2D eigenvalue weighted by molar-refractivity contribution is 5.28. The topological polar surface area (TPSA) is 55.5 Å². The summed E-state index contributed by atoms with van der Waals surface area (Å²) in [4.78, 5) is 0. The molecule has 0 radical (unpaired) electrons. The molecule has 0 aliphatic carbocycles.